The molecule has 1 aliphatic rings. The van der Waals surface area contributed by atoms with Crippen molar-refractivity contribution in [1.29, 1.82) is 0 Å². The Bertz CT molecular complexity index is 551. The van der Waals surface area contributed by atoms with Crippen molar-refractivity contribution in [3.63, 3.8) is 0 Å². The summed E-state index contributed by atoms with van der Waals surface area (Å²) in [6.07, 6.45) is 4.76. The van der Waals surface area contributed by atoms with Crippen LogP contribution in [-0.2, 0) is 4.79 Å². The van der Waals surface area contributed by atoms with Crippen molar-refractivity contribution in [3.8, 4) is 0 Å². The van der Waals surface area contributed by atoms with Crippen molar-refractivity contribution in [3.05, 3.63) is 28.2 Å². The first-order chi connectivity index (χ1) is 10.6. The van der Waals surface area contributed by atoms with Crippen molar-refractivity contribution < 1.29 is 4.79 Å². The van der Waals surface area contributed by atoms with Crippen LogP contribution in [0, 0.1) is 6.92 Å². The molecule has 0 bridgehead atoms. The lowest BCUT2D eigenvalue weighted by Crippen LogP contribution is -2.38. The molecule has 0 aromatic heterocycles. The Labute approximate surface area is 140 Å². The number of halogens is 1. The molecule has 1 aromatic rings. The molecule has 22 heavy (non-hydrogen) atoms. The third kappa shape index (κ3) is 5.02. The summed E-state index contributed by atoms with van der Waals surface area (Å²) in [6.45, 7) is 3.87. The van der Waals surface area contributed by atoms with E-state index < -0.39 is 0 Å². The van der Waals surface area contributed by atoms with Gasteiger partial charge in [0.2, 0.25) is 5.91 Å². The number of likely N-dealkylation sites (tertiary alicyclic amines) is 1. The number of nitrogens with zero attached hydrogens (tertiary/aromatic N) is 2. The van der Waals surface area contributed by atoms with E-state index in [0.29, 0.717) is 5.96 Å². The highest BCUT2D eigenvalue weighted by molar-refractivity contribution is 9.10. The van der Waals surface area contributed by atoms with Gasteiger partial charge in [0, 0.05) is 23.2 Å². The van der Waals surface area contributed by atoms with Crippen LogP contribution in [0.25, 0.3) is 0 Å². The van der Waals surface area contributed by atoms with Crippen LogP contribution in [0.1, 0.15) is 31.2 Å². The molecule has 3 N–H and O–H groups in total. The highest BCUT2D eigenvalue weighted by Crippen LogP contribution is 2.20. The zero-order valence-electron chi connectivity index (χ0n) is 12.9. The number of carbonyl (C=O) groups is 1. The van der Waals surface area contributed by atoms with E-state index in [1.807, 2.05) is 25.1 Å². The predicted octanol–water partition coefficient (Wildman–Crippen LogP) is 2.89. The number of rotatable bonds is 3. The van der Waals surface area contributed by atoms with Gasteiger partial charge in [-0.05, 0) is 37.5 Å². The van der Waals surface area contributed by atoms with Crippen molar-refractivity contribution in [1.82, 2.24) is 4.90 Å². The topological polar surface area (TPSA) is 70.7 Å². The normalized spacial score (nSPS) is 16.3. The third-order valence-corrected chi connectivity index (χ3v) is 4.28. The minimum atomic E-state index is -0.154. The maximum absolute atomic E-state index is 12.0. The fourth-order valence-corrected chi connectivity index (χ4v) is 2.83. The second-order valence-electron chi connectivity index (χ2n) is 5.58. The van der Waals surface area contributed by atoms with Crippen LogP contribution in [0.15, 0.2) is 27.7 Å². The van der Waals surface area contributed by atoms with E-state index >= 15 is 0 Å². The maximum Gasteiger partial charge on any atom is 0.246 e. The van der Waals surface area contributed by atoms with E-state index in [-0.39, 0.29) is 12.5 Å². The first kappa shape index (κ1) is 16.8. The number of anilines is 1. The quantitative estimate of drug-likeness (QED) is 0.638. The lowest BCUT2D eigenvalue weighted by Gasteiger charge is -2.21. The first-order valence-electron chi connectivity index (χ1n) is 7.67. The Morgan fingerprint density at radius 2 is 2.00 bits per heavy atom. The van der Waals surface area contributed by atoms with Gasteiger partial charge in [-0.25, -0.2) is 4.99 Å². The third-order valence-electron chi connectivity index (χ3n) is 3.79. The Hall–Kier alpha value is -1.56. The molecule has 0 aliphatic carbocycles. The van der Waals surface area contributed by atoms with Crippen molar-refractivity contribution >= 4 is 33.5 Å². The molecule has 120 valence electrons. The molecular formula is C16H23BrN4O. The average Bonchev–Trinajstić information content (AvgIpc) is 2.78. The summed E-state index contributed by atoms with van der Waals surface area (Å²) in [7, 11) is 0. The summed E-state index contributed by atoms with van der Waals surface area (Å²) < 4.78 is 0.931. The number of hydrogen-bond acceptors (Lipinski definition) is 2. The SMILES string of the molecule is Cc1ccc(Br)cc1NC(=O)CN=C(N)N1CCCCCC1. The molecule has 0 atom stereocenters. The van der Waals surface area contributed by atoms with Crippen molar-refractivity contribution in [2.45, 2.75) is 32.6 Å². The number of carbonyl (C=O) groups excluding carboxylic acids is 1. The number of aliphatic imine (C=N–C) groups is 1. The molecule has 1 aliphatic heterocycles. The zero-order valence-corrected chi connectivity index (χ0v) is 14.5. The smallest absolute Gasteiger partial charge is 0.246 e. The van der Waals surface area contributed by atoms with Gasteiger partial charge in [0.15, 0.2) is 5.96 Å². The van der Waals surface area contributed by atoms with Gasteiger partial charge in [0.05, 0.1) is 0 Å². The van der Waals surface area contributed by atoms with Crippen LogP contribution in [0.2, 0.25) is 0 Å². The number of guanidine groups is 1. The second-order valence-corrected chi connectivity index (χ2v) is 6.50. The molecule has 0 saturated carbocycles. The Morgan fingerprint density at radius 1 is 1.32 bits per heavy atom. The van der Waals surface area contributed by atoms with E-state index in [1.54, 1.807) is 0 Å². The Morgan fingerprint density at radius 3 is 2.68 bits per heavy atom. The van der Waals surface area contributed by atoms with E-state index in [4.69, 9.17) is 5.73 Å². The van der Waals surface area contributed by atoms with Crippen LogP contribution < -0.4 is 11.1 Å². The number of aryl methyl sites for hydroxylation is 1. The largest absolute Gasteiger partial charge is 0.370 e. The minimum absolute atomic E-state index is 0.0499. The molecular weight excluding hydrogens is 344 g/mol. The fraction of sp³-hybridized carbons (Fsp3) is 0.500. The Kier molecular flexibility index (Phi) is 6.24. The molecule has 1 heterocycles. The monoisotopic (exact) mass is 366 g/mol. The molecule has 0 spiro atoms. The van der Waals surface area contributed by atoms with Gasteiger partial charge in [0.1, 0.15) is 6.54 Å². The second kappa shape index (κ2) is 8.17. The number of nitrogens with two attached hydrogens (primary N) is 1. The highest BCUT2D eigenvalue weighted by atomic mass is 79.9. The number of benzene rings is 1. The van der Waals surface area contributed by atoms with Gasteiger partial charge in [-0.3, -0.25) is 4.79 Å². The van der Waals surface area contributed by atoms with Gasteiger partial charge >= 0.3 is 0 Å². The molecule has 1 amide bonds. The van der Waals surface area contributed by atoms with Crippen LogP contribution in [-0.4, -0.2) is 36.4 Å². The van der Waals surface area contributed by atoms with Crippen LogP contribution in [0.5, 0.6) is 0 Å². The first-order valence-corrected chi connectivity index (χ1v) is 8.46. The van der Waals surface area contributed by atoms with E-state index in [1.165, 1.54) is 12.8 Å². The van der Waals surface area contributed by atoms with Gasteiger partial charge in [-0.2, -0.15) is 0 Å². The number of amides is 1. The highest BCUT2D eigenvalue weighted by Gasteiger charge is 2.11. The average molecular weight is 367 g/mol. The molecule has 5 nitrogen and oxygen atoms in total. The fourth-order valence-electron chi connectivity index (χ4n) is 2.47. The standard InChI is InChI=1S/C16H23BrN4O/c1-12-6-7-13(17)10-14(12)20-15(22)11-19-16(18)21-8-4-2-3-5-9-21/h6-7,10H,2-5,8-9,11H2,1H3,(H2,18,19)(H,20,22). The van der Waals surface area contributed by atoms with Gasteiger partial charge in [-0.1, -0.05) is 34.8 Å². The summed E-state index contributed by atoms with van der Waals surface area (Å²) >= 11 is 3.40. The van der Waals surface area contributed by atoms with Crippen molar-refractivity contribution in [2.75, 3.05) is 25.0 Å². The van der Waals surface area contributed by atoms with E-state index in [0.717, 1.165) is 41.7 Å². The molecule has 0 radical (unpaired) electrons. The Balaban J connectivity index is 1.91. The lowest BCUT2D eigenvalue weighted by atomic mass is 10.2. The van der Waals surface area contributed by atoms with Gasteiger partial charge in [0.25, 0.3) is 0 Å². The maximum atomic E-state index is 12.0. The minimum Gasteiger partial charge on any atom is -0.370 e. The number of nitrogens with one attached hydrogen (secondary N) is 1. The predicted molar refractivity (Wildman–Crippen MR) is 94.0 cm³/mol. The summed E-state index contributed by atoms with van der Waals surface area (Å²) in [5, 5.41) is 2.87. The van der Waals surface area contributed by atoms with Crippen LogP contribution in [0.4, 0.5) is 5.69 Å². The van der Waals surface area contributed by atoms with E-state index in [2.05, 4.69) is 31.1 Å². The summed E-state index contributed by atoms with van der Waals surface area (Å²) in [6, 6.07) is 5.78. The van der Waals surface area contributed by atoms with Gasteiger partial charge in [-0.15, -0.1) is 0 Å². The lowest BCUT2D eigenvalue weighted by molar-refractivity contribution is -0.114. The zero-order chi connectivity index (χ0) is 15.9. The molecule has 1 saturated heterocycles. The van der Waals surface area contributed by atoms with Crippen molar-refractivity contribution in [2.24, 2.45) is 10.7 Å². The van der Waals surface area contributed by atoms with Gasteiger partial charge < -0.3 is 16.0 Å². The summed E-state index contributed by atoms with van der Waals surface area (Å²) in [5.41, 5.74) is 7.81. The molecule has 2 rings (SSSR count). The van der Waals surface area contributed by atoms with E-state index in [9.17, 15) is 4.79 Å². The van der Waals surface area contributed by atoms with Crippen LogP contribution >= 0.6 is 15.9 Å². The molecule has 1 aromatic carbocycles. The summed E-state index contributed by atoms with van der Waals surface area (Å²) in [4.78, 5) is 18.3. The molecule has 1 fully saturated rings. The van der Waals surface area contributed by atoms with Crippen LogP contribution in [0.3, 0.4) is 0 Å². The molecule has 0 unspecified atom stereocenters. The summed E-state index contributed by atoms with van der Waals surface area (Å²) in [5.74, 6) is 0.321. The molecule has 6 heteroatoms. The number of hydrogen-bond donors (Lipinski definition) is 2.